The van der Waals surface area contributed by atoms with Gasteiger partial charge in [0.2, 0.25) is 0 Å². The number of aliphatic carboxylic acids is 1. The van der Waals surface area contributed by atoms with Gasteiger partial charge in [-0.25, -0.2) is 0 Å². The fraction of sp³-hybridized carbons (Fsp3) is 0.316. The molecule has 1 unspecified atom stereocenters. The number of carbonyl (C=O) groups is 1. The molecule has 0 aromatic heterocycles. The third kappa shape index (κ3) is 4.45. The lowest BCUT2D eigenvalue weighted by atomic mass is 9.90. The van der Waals surface area contributed by atoms with Gasteiger partial charge in [-0.2, -0.15) is 0 Å². The predicted molar refractivity (Wildman–Crippen MR) is 85.6 cm³/mol. The highest BCUT2D eigenvalue weighted by Crippen LogP contribution is 2.25. The van der Waals surface area contributed by atoms with Gasteiger partial charge in [0.25, 0.3) is 0 Å². The van der Waals surface area contributed by atoms with E-state index in [0.29, 0.717) is 6.42 Å². The number of hydrogen-bond acceptors (Lipinski definition) is 1. The Morgan fingerprint density at radius 2 is 1.67 bits per heavy atom. The van der Waals surface area contributed by atoms with Crippen LogP contribution in [0.3, 0.4) is 0 Å². The number of unbranched alkanes of at least 4 members (excludes halogenated alkanes) is 1. The highest BCUT2D eigenvalue weighted by Gasteiger charge is 2.20. The average Bonchev–Trinajstić information content (AvgIpc) is 2.49. The minimum absolute atomic E-state index is 0.387. The number of benzene rings is 2. The monoisotopic (exact) mass is 282 g/mol. The Labute approximate surface area is 126 Å². The van der Waals surface area contributed by atoms with Gasteiger partial charge in [-0.3, -0.25) is 4.79 Å². The SMILES string of the molecule is Cc1ccccc1C(CCCCc1ccccc1)C(=O)O. The molecule has 2 aromatic rings. The number of hydrogen-bond donors (Lipinski definition) is 1. The maximum atomic E-state index is 11.5. The van der Waals surface area contributed by atoms with Gasteiger partial charge in [-0.05, 0) is 42.9 Å². The molecule has 0 aliphatic rings. The smallest absolute Gasteiger partial charge is 0.310 e. The highest BCUT2D eigenvalue weighted by molar-refractivity contribution is 5.76. The summed E-state index contributed by atoms with van der Waals surface area (Å²) in [6.45, 7) is 1.98. The van der Waals surface area contributed by atoms with Crippen LogP contribution in [-0.4, -0.2) is 11.1 Å². The molecule has 2 aromatic carbocycles. The zero-order chi connectivity index (χ0) is 15.1. The Morgan fingerprint density at radius 3 is 2.33 bits per heavy atom. The maximum Gasteiger partial charge on any atom is 0.310 e. The van der Waals surface area contributed by atoms with Crippen LogP contribution in [0.1, 0.15) is 41.9 Å². The summed E-state index contributed by atoms with van der Waals surface area (Å²) in [6.07, 6.45) is 3.67. The first-order valence-electron chi connectivity index (χ1n) is 7.50. The fourth-order valence-electron chi connectivity index (χ4n) is 2.71. The summed E-state index contributed by atoms with van der Waals surface area (Å²) in [5, 5.41) is 9.47. The van der Waals surface area contributed by atoms with Crippen molar-refractivity contribution in [2.45, 2.75) is 38.5 Å². The van der Waals surface area contributed by atoms with Crippen LogP contribution in [-0.2, 0) is 11.2 Å². The summed E-state index contributed by atoms with van der Waals surface area (Å²) < 4.78 is 0. The molecule has 0 spiro atoms. The summed E-state index contributed by atoms with van der Waals surface area (Å²) in [5.74, 6) is -1.11. The molecule has 0 bridgehead atoms. The van der Waals surface area contributed by atoms with E-state index in [9.17, 15) is 9.90 Å². The normalized spacial score (nSPS) is 12.0. The van der Waals surface area contributed by atoms with Crippen molar-refractivity contribution in [1.82, 2.24) is 0 Å². The molecule has 0 heterocycles. The lowest BCUT2D eigenvalue weighted by Gasteiger charge is -2.15. The van der Waals surface area contributed by atoms with E-state index in [4.69, 9.17) is 0 Å². The van der Waals surface area contributed by atoms with E-state index in [1.807, 2.05) is 49.4 Å². The van der Waals surface area contributed by atoms with Crippen molar-refractivity contribution in [3.05, 3.63) is 71.3 Å². The van der Waals surface area contributed by atoms with Crippen molar-refractivity contribution >= 4 is 5.97 Å². The lowest BCUT2D eigenvalue weighted by molar-refractivity contribution is -0.139. The third-order valence-corrected chi connectivity index (χ3v) is 3.91. The minimum Gasteiger partial charge on any atom is -0.481 e. The summed E-state index contributed by atoms with van der Waals surface area (Å²) in [7, 11) is 0. The minimum atomic E-state index is -0.719. The third-order valence-electron chi connectivity index (χ3n) is 3.91. The number of carboxylic acids is 1. The van der Waals surface area contributed by atoms with Crippen LogP contribution in [0.25, 0.3) is 0 Å². The molecule has 0 amide bonds. The topological polar surface area (TPSA) is 37.3 Å². The summed E-state index contributed by atoms with van der Waals surface area (Å²) in [5.41, 5.74) is 3.33. The molecule has 0 radical (unpaired) electrons. The Morgan fingerprint density at radius 1 is 1.00 bits per heavy atom. The van der Waals surface area contributed by atoms with Crippen LogP contribution < -0.4 is 0 Å². The molecule has 0 aliphatic heterocycles. The molecule has 1 atom stereocenters. The van der Waals surface area contributed by atoms with Gasteiger partial charge >= 0.3 is 5.97 Å². The molecule has 0 saturated heterocycles. The van der Waals surface area contributed by atoms with Crippen LogP contribution in [0.4, 0.5) is 0 Å². The van der Waals surface area contributed by atoms with Crippen LogP contribution >= 0.6 is 0 Å². The van der Waals surface area contributed by atoms with Crippen molar-refractivity contribution in [3.8, 4) is 0 Å². The molecule has 2 rings (SSSR count). The van der Waals surface area contributed by atoms with E-state index in [1.54, 1.807) is 0 Å². The standard InChI is InChI=1S/C19H22O2/c1-15-9-5-7-13-17(15)18(19(20)21)14-8-6-12-16-10-3-2-4-11-16/h2-5,7,9-11,13,18H,6,8,12,14H2,1H3,(H,20,21). The molecule has 21 heavy (non-hydrogen) atoms. The Bertz CT molecular complexity index is 575. The van der Waals surface area contributed by atoms with Gasteiger partial charge in [0.15, 0.2) is 0 Å². The van der Waals surface area contributed by atoms with E-state index < -0.39 is 5.97 Å². The second kappa shape index (κ2) is 7.63. The average molecular weight is 282 g/mol. The molecule has 2 nitrogen and oxygen atoms in total. The van der Waals surface area contributed by atoms with Crippen LogP contribution in [0, 0.1) is 6.92 Å². The van der Waals surface area contributed by atoms with Gasteiger partial charge < -0.3 is 5.11 Å². The summed E-state index contributed by atoms with van der Waals surface area (Å²) in [6, 6.07) is 18.1. The van der Waals surface area contributed by atoms with Crippen molar-refractivity contribution in [2.24, 2.45) is 0 Å². The van der Waals surface area contributed by atoms with Gasteiger partial charge in [0.1, 0.15) is 0 Å². The van der Waals surface area contributed by atoms with E-state index in [1.165, 1.54) is 5.56 Å². The molecule has 1 N–H and O–H groups in total. The van der Waals surface area contributed by atoms with Crippen molar-refractivity contribution in [2.75, 3.05) is 0 Å². The molecule has 0 fully saturated rings. The van der Waals surface area contributed by atoms with Crippen molar-refractivity contribution in [1.29, 1.82) is 0 Å². The van der Waals surface area contributed by atoms with Crippen LogP contribution in [0.15, 0.2) is 54.6 Å². The highest BCUT2D eigenvalue weighted by atomic mass is 16.4. The largest absolute Gasteiger partial charge is 0.481 e. The predicted octanol–water partition coefficient (Wildman–Crippen LogP) is 4.58. The summed E-state index contributed by atoms with van der Waals surface area (Å²) >= 11 is 0. The number of rotatable bonds is 7. The van der Waals surface area contributed by atoms with Gasteiger partial charge in [0, 0.05) is 0 Å². The van der Waals surface area contributed by atoms with E-state index in [-0.39, 0.29) is 5.92 Å². The first-order valence-corrected chi connectivity index (χ1v) is 7.50. The lowest BCUT2D eigenvalue weighted by Crippen LogP contribution is -2.13. The van der Waals surface area contributed by atoms with E-state index >= 15 is 0 Å². The van der Waals surface area contributed by atoms with Gasteiger partial charge in [-0.1, -0.05) is 61.0 Å². The zero-order valence-corrected chi connectivity index (χ0v) is 12.5. The second-order valence-electron chi connectivity index (χ2n) is 5.48. The first kappa shape index (κ1) is 15.3. The second-order valence-corrected chi connectivity index (χ2v) is 5.48. The van der Waals surface area contributed by atoms with Gasteiger partial charge in [0.05, 0.1) is 5.92 Å². The van der Waals surface area contributed by atoms with Crippen molar-refractivity contribution < 1.29 is 9.90 Å². The molecule has 0 aliphatic carbocycles. The molecule has 0 saturated carbocycles. The number of carboxylic acid groups (broad SMARTS) is 1. The Hall–Kier alpha value is -2.09. The summed E-state index contributed by atoms with van der Waals surface area (Å²) in [4.78, 5) is 11.5. The molecule has 110 valence electrons. The van der Waals surface area contributed by atoms with Crippen molar-refractivity contribution in [3.63, 3.8) is 0 Å². The fourth-order valence-corrected chi connectivity index (χ4v) is 2.71. The van der Waals surface area contributed by atoms with E-state index in [0.717, 1.165) is 30.4 Å². The quantitative estimate of drug-likeness (QED) is 0.755. The van der Waals surface area contributed by atoms with Gasteiger partial charge in [-0.15, -0.1) is 0 Å². The van der Waals surface area contributed by atoms with Crippen LogP contribution in [0.5, 0.6) is 0 Å². The van der Waals surface area contributed by atoms with E-state index in [2.05, 4.69) is 12.1 Å². The molecular formula is C19H22O2. The number of aryl methyl sites for hydroxylation is 2. The molecular weight excluding hydrogens is 260 g/mol. The zero-order valence-electron chi connectivity index (χ0n) is 12.5. The van der Waals surface area contributed by atoms with Crippen LogP contribution in [0.2, 0.25) is 0 Å². The molecule has 2 heteroatoms. The maximum absolute atomic E-state index is 11.5. The Balaban J connectivity index is 1.90. The first-order chi connectivity index (χ1) is 10.2. The Kier molecular flexibility index (Phi) is 5.56.